The molecule has 1 aliphatic heterocycles. The molecular weight excluding hydrogens is 462 g/mol. The molecule has 1 unspecified atom stereocenters. The van der Waals surface area contributed by atoms with E-state index in [0.29, 0.717) is 23.2 Å². The van der Waals surface area contributed by atoms with Crippen LogP contribution in [0.25, 0.3) is 0 Å². The molecule has 8 heteroatoms. The lowest BCUT2D eigenvalue weighted by Gasteiger charge is -2.28. The number of carbonyl (C=O) groups excluding carboxylic acids is 1. The van der Waals surface area contributed by atoms with E-state index in [4.69, 9.17) is 16.3 Å². The van der Waals surface area contributed by atoms with Crippen LogP contribution in [0.2, 0.25) is 5.02 Å². The molecule has 1 aliphatic rings. The molecule has 0 fully saturated rings. The summed E-state index contributed by atoms with van der Waals surface area (Å²) in [6.07, 6.45) is 1.48. The maximum Gasteiger partial charge on any atom is 0.255 e. The van der Waals surface area contributed by atoms with Gasteiger partial charge in [0.2, 0.25) is 5.95 Å². The van der Waals surface area contributed by atoms with E-state index in [1.807, 2.05) is 86.6 Å². The summed E-state index contributed by atoms with van der Waals surface area (Å²) in [7, 11) is 0. The number of nitrogens with zero attached hydrogens (tertiary/aromatic N) is 3. The minimum Gasteiger partial charge on any atom is -0.489 e. The lowest BCUT2D eigenvalue weighted by Crippen LogP contribution is -2.31. The van der Waals surface area contributed by atoms with Crippen LogP contribution >= 0.6 is 11.6 Å². The summed E-state index contributed by atoms with van der Waals surface area (Å²) in [5.41, 5.74) is 5.07. The number of ether oxygens (including phenoxy) is 1. The third-order valence-corrected chi connectivity index (χ3v) is 6.12. The molecule has 1 amide bonds. The number of fused-ring (bicyclic) bond motifs is 1. The van der Waals surface area contributed by atoms with Crippen molar-refractivity contribution in [2.75, 3.05) is 10.6 Å². The van der Waals surface area contributed by atoms with E-state index in [9.17, 15) is 4.79 Å². The molecule has 7 nitrogen and oxygen atoms in total. The van der Waals surface area contributed by atoms with Crippen molar-refractivity contribution in [3.05, 3.63) is 112 Å². The minimum atomic E-state index is -0.440. The smallest absolute Gasteiger partial charge is 0.255 e. The van der Waals surface area contributed by atoms with Crippen molar-refractivity contribution >= 4 is 29.1 Å². The van der Waals surface area contributed by atoms with E-state index in [1.54, 1.807) is 4.68 Å². The maximum absolute atomic E-state index is 13.4. The zero-order valence-corrected chi connectivity index (χ0v) is 20.1. The van der Waals surface area contributed by atoms with Crippen molar-refractivity contribution in [1.82, 2.24) is 14.8 Å². The van der Waals surface area contributed by atoms with Gasteiger partial charge in [-0.25, -0.2) is 4.68 Å². The Hall–Kier alpha value is -4.10. The largest absolute Gasteiger partial charge is 0.489 e. The first-order chi connectivity index (χ1) is 17.0. The average molecular weight is 486 g/mol. The number of anilines is 2. The molecular formula is C27H24ClN5O2. The molecule has 0 bridgehead atoms. The van der Waals surface area contributed by atoms with E-state index >= 15 is 0 Å². The fraction of sp³-hybridized carbons (Fsp3) is 0.148. The van der Waals surface area contributed by atoms with Gasteiger partial charge in [-0.2, -0.15) is 10.1 Å². The lowest BCUT2D eigenvalue weighted by atomic mass is 9.95. The number of hydrogen-bond donors (Lipinski definition) is 2. The molecule has 4 aromatic rings. The molecule has 0 radical (unpaired) electrons. The van der Waals surface area contributed by atoms with Gasteiger partial charge in [-0.3, -0.25) is 4.79 Å². The van der Waals surface area contributed by atoms with Crippen LogP contribution in [0.4, 0.5) is 11.6 Å². The molecule has 0 saturated carbocycles. The maximum atomic E-state index is 13.4. The fourth-order valence-electron chi connectivity index (χ4n) is 4.02. The first kappa shape index (κ1) is 22.7. The highest BCUT2D eigenvalue weighted by Crippen LogP contribution is 2.35. The molecule has 1 aromatic heterocycles. The third-order valence-electron chi connectivity index (χ3n) is 5.86. The standard InChI is InChI=1S/C27H24ClN5O2/c1-17-3-11-22(12-4-17)32-26(34)24-18(2)31-27-29-16-30-33(27)25(24)20-7-13-23(14-8-20)35-15-19-5-9-21(28)10-6-19/h3-14,16,25H,15H2,1-2H3,(H,32,34)(H,29,30,31). The Morgan fingerprint density at radius 2 is 1.74 bits per heavy atom. The summed E-state index contributed by atoms with van der Waals surface area (Å²) < 4.78 is 7.65. The van der Waals surface area contributed by atoms with Gasteiger partial charge in [-0.15, -0.1) is 0 Å². The molecule has 5 rings (SSSR count). The number of nitrogens with one attached hydrogen (secondary N) is 2. The summed E-state index contributed by atoms with van der Waals surface area (Å²) >= 11 is 5.95. The molecule has 2 N–H and O–H groups in total. The molecule has 1 atom stereocenters. The number of aryl methyl sites for hydroxylation is 1. The Kier molecular flexibility index (Phi) is 6.25. The number of halogens is 1. The summed E-state index contributed by atoms with van der Waals surface area (Å²) in [6, 6.07) is 22.5. The summed E-state index contributed by atoms with van der Waals surface area (Å²) in [4.78, 5) is 17.7. The highest BCUT2D eigenvalue weighted by molar-refractivity contribution is 6.30. The summed E-state index contributed by atoms with van der Waals surface area (Å²) in [6.45, 7) is 4.31. The van der Waals surface area contributed by atoms with Crippen molar-refractivity contribution in [2.45, 2.75) is 26.5 Å². The Morgan fingerprint density at radius 1 is 1.03 bits per heavy atom. The van der Waals surface area contributed by atoms with E-state index < -0.39 is 6.04 Å². The number of amides is 1. The monoisotopic (exact) mass is 485 g/mol. The highest BCUT2D eigenvalue weighted by atomic mass is 35.5. The quantitative estimate of drug-likeness (QED) is 0.363. The summed E-state index contributed by atoms with van der Waals surface area (Å²) in [5, 5.41) is 11.3. The molecule has 0 spiro atoms. The van der Waals surface area contributed by atoms with Crippen molar-refractivity contribution in [2.24, 2.45) is 0 Å². The number of hydrogen-bond acceptors (Lipinski definition) is 5. The number of aromatic nitrogens is 3. The Morgan fingerprint density at radius 3 is 2.46 bits per heavy atom. The van der Waals surface area contributed by atoms with Gasteiger partial charge < -0.3 is 15.4 Å². The van der Waals surface area contributed by atoms with Crippen LogP contribution in [-0.2, 0) is 11.4 Å². The Balaban J connectivity index is 1.40. The second-order valence-corrected chi connectivity index (χ2v) is 8.84. The number of allylic oxidation sites excluding steroid dienone is 1. The van der Waals surface area contributed by atoms with Gasteiger partial charge in [0.15, 0.2) is 0 Å². The van der Waals surface area contributed by atoms with Gasteiger partial charge in [0, 0.05) is 16.4 Å². The topological polar surface area (TPSA) is 81.1 Å². The molecule has 35 heavy (non-hydrogen) atoms. The highest BCUT2D eigenvalue weighted by Gasteiger charge is 2.33. The van der Waals surface area contributed by atoms with Gasteiger partial charge in [0.05, 0.1) is 5.57 Å². The van der Waals surface area contributed by atoms with E-state index in [1.165, 1.54) is 6.33 Å². The second-order valence-electron chi connectivity index (χ2n) is 8.40. The van der Waals surface area contributed by atoms with Crippen molar-refractivity contribution in [3.63, 3.8) is 0 Å². The molecule has 2 heterocycles. The van der Waals surface area contributed by atoms with Crippen LogP contribution in [0, 0.1) is 6.92 Å². The zero-order valence-electron chi connectivity index (χ0n) is 19.3. The first-order valence-corrected chi connectivity index (χ1v) is 11.6. The Labute approximate surface area is 208 Å². The number of rotatable bonds is 6. The predicted octanol–water partition coefficient (Wildman–Crippen LogP) is 5.75. The van der Waals surface area contributed by atoms with Gasteiger partial charge in [0.25, 0.3) is 5.91 Å². The number of carbonyl (C=O) groups is 1. The van der Waals surface area contributed by atoms with Crippen LogP contribution < -0.4 is 15.4 Å². The SMILES string of the molecule is CC1=C(C(=O)Nc2ccc(C)cc2)C(c2ccc(OCc3ccc(Cl)cc3)cc2)n2ncnc2N1. The van der Waals surface area contributed by atoms with E-state index in [2.05, 4.69) is 20.7 Å². The van der Waals surface area contributed by atoms with Crippen LogP contribution in [0.3, 0.4) is 0 Å². The fourth-order valence-corrected chi connectivity index (χ4v) is 4.15. The lowest BCUT2D eigenvalue weighted by molar-refractivity contribution is -0.113. The molecule has 0 aliphatic carbocycles. The van der Waals surface area contributed by atoms with Crippen molar-refractivity contribution in [3.8, 4) is 5.75 Å². The van der Waals surface area contributed by atoms with E-state index in [-0.39, 0.29) is 5.91 Å². The van der Waals surface area contributed by atoms with Gasteiger partial charge in [-0.1, -0.05) is 53.6 Å². The third kappa shape index (κ3) is 4.90. The van der Waals surface area contributed by atoms with Crippen molar-refractivity contribution < 1.29 is 9.53 Å². The normalized spacial score (nSPS) is 14.8. The van der Waals surface area contributed by atoms with E-state index in [0.717, 1.165) is 33.8 Å². The average Bonchev–Trinajstić information content (AvgIpc) is 3.32. The van der Waals surface area contributed by atoms with Crippen LogP contribution in [-0.4, -0.2) is 20.7 Å². The zero-order chi connectivity index (χ0) is 24.4. The van der Waals surface area contributed by atoms with Crippen LogP contribution in [0.1, 0.15) is 29.7 Å². The van der Waals surface area contributed by atoms with Gasteiger partial charge in [-0.05, 0) is 61.4 Å². The Bertz CT molecular complexity index is 1380. The molecule has 176 valence electrons. The van der Waals surface area contributed by atoms with Gasteiger partial charge in [0.1, 0.15) is 24.7 Å². The van der Waals surface area contributed by atoms with Gasteiger partial charge >= 0.3 is 0 Å². The number of benzene rings is 3. The van der Waals surface area contributed by atoms with Crippen LogP contribution in [0.15, 0.2) is 90.4 Å². The second kappa shape index (κ2) is 9.64. The predicted molar refractivity (Wildman–Crippen MR) is 137 cm³/mol. The first-order valence-electron chi connectivity index (χ1n) is 11.2. The molecule has 0 saturated heterocycles. The molecule has 3 aromatic carbocycles. The minimum absolute atomic E-state index is 0.201. The summed E-state index contributed by atoms with van der Waals surface area (Å²) in [5.74, 6) is 1.11. The van der Waals surface area contributed by atoms with Crippen molar-refractivity contribution in [1.29, 1.82) is 0 Å². The van der Waals surface area contributed by atoms with Crippen LogP contribution in [0.5, 0.6) is 5.75 Å².